The van der Waals surface area contributed by atoms with Gasteiger partial charge in [-0.05, 0) is 37.1 Å². The number of rotatable bonds is 4. The molecule has 2 aromatic carbocycles. The Morgan fingerprint density at radius 2 is 1.92 bits per heavy atom. The topological polar surface area (TPSA) is 68.5 Å². The summed E-state index contributed by atoms with van der Waals surface area (Å²) in [7, 11) is 1.60. The Hall–Kier alpha value is -3.15. The molecule has 0 spiro atoms. The number of hydrogen-bond acceptors (Lipinski definition) is 5. The van der Waals surface area contributed by atoms with Crippen molar-refractivity contribution in [1.82, 2.24) is 15.0 Å². The second kappa shape index (κ2) is 7.00. The number of hydrogen-bond donors (Lipinski definition) is 0. The predicted molar refractivity (Wildman–Crippen MR) is 96.9 cm³/mol. The van der Waals surface area contributed by atoms with Crippen LogP contribution in [0.15, 0.2) is 53.1 Å². The zero-order valence-electron chi connectivity index (χ0n) is 14.5. The molecule has 1 fully saturated rings. The Labute approximate surface area is 151 Å². The van der Waals surface area contributed by atoms with Gasteiger partial charge in [0.25, 0.3) is 11.8 Å². The second-order valence-corrected chi connectivity index (χ2v) is 6.20. The van der Waals surface area contributed by atoms with Crippen molar-refractivity contribution in [3.05, 3.63) is 54.1 Å². The number of methoxy groups -OCH3 is 1. The SMILES string of the molecule is COc1ccccc1-c1nc(-c2cccc(C(=O)N3CCCC3)c2)no1. The van der Waals surface area contributed by atoms with Crippen molar-refractivity contribution in [3.63, 3.8) is 0 Å². The van der Waals surface area contributed by atoms with Crippen LogP contribution in [0.4, 0.5) is 0 Å². The lowest BCUT2D eigenvalue weighted by Gasteiger charge is -2.15. The molecule has 1 saturated heterocycles. The van der Waals surface area contributed by atoms with E-state index in [1.165, 1.54) is 0 Å². The molecule has 0 N–H and O–H groups in total. The molecule has 132 valence electrons. The zero-order valence-corrected chi connectivity index (χ0v) is 14.5. The zero-order chi connectivity index (χ0) is 17.9. The van der Waals surface area contributed by atoms with Crippen LogP contribution < -0.4 is 4.74 Å². The van der Waals surface area contributed by atoms with E-state index in [4.69, 9.17) is 9.26 Å². The van der Waals surface area contributed by atoms with Crippen molar-refractivity contribution in [1.29, 1.82) is 0 Å². The highest BCUT2D eigenvalue weighted by atomic mass is 16.5. The molecule has 0 bridgehead atoms. The minimum atomic E-state index is 0.0535. The average molecular weight is 349 g/mol. The molecule has 1 amide bonds. The van der Waals surface area contributed by atoms with Crippen LogP contribution in [0, 0.1) is 0 Å². The third kappa shape index (κ3) is 3.06. The normalized spacial score (nSPS) is 13.8. The van der Waals surface area contributed by atoms with E-state index in [0.717, 1.165) is 37.1 Å². The van der Waals surface area contributed by atoms with E-state index >= 15 is 0 Å². The smallest absolute Gasteiger partial charge is 0.262 e. The van der Waals surface area contributed by atoms with Gasteiger partial charge in [0.15, 0.2) is 0 Å². The molecule has 1 aromatic heterocycles. The Morgan fingerprint density at radius 3 is 2.73 bits per heavy atom. The number of benzene rings is 2. The molecule has 6 heteroatoms. The summed E-state index contributed by atoms with van der Waals surface area (Å²) in [4.78, 5) is 18.9. The first-order valence-corrected chi connectivity index (χ1v) is 8.63. The predicted octanol–water partition coefficient (Wildman–Crippen LogP) is 3.65. The quantitative estimate of drug-likeness (QED) is 0.719. The molecule has 0 saturated carbocycles. The summed E-state index contributed by atoms with van der Waals surface area (Å²) in [6.07, 6.45) is 2.14. The van der Waals surface area contributed by atoms with E-state index in [2.05, 4.69) is 10.1 Å². The third-order valence-corrected chi connectivity index (χ3v) is 4.52. The van der Waals surface area contributed by atoms with Gasteiger partial charge in [0.1, 0.15) is 5.75 Å². The van der Waals surface area contributed by atoms with Gasteiger partial charge in [0, 0.05) is 24.2 Å². The lowest BCUT2D eigenvalue weighted by molar-refractivity contribution is 0.0793. The molecule has 26 heavy (non-hydrogen) atoms. The van der Waals surface area contributed by atoms with Gasteiger partial charge in [-0.15, -0.1) is 0 Å². The largest absolute Gasteiger partial charge is 0.496 e. The number of aromatic nitrogens is 2. The van der Waals surface area contributed by atoms with E-state index in [9.17, 15) is 4.79 Å². The van der Waals surface area contributed by atoms with E-state index in [1.807, 2.05) is 53.4 Å². The number of nitrogens with zero attached hydrogens (tertiary/aromatic N) is 3. The first kappa shape index (κ1) is 16.3. The molecule has 2 heterocycles. The number of carbonyl (C=O) groups excluding carboxylic acids is 1. The molecule has 0 unspecified atom stereocenters. The van der Waals surface area contributed by atoms with Crippen molar-refractivity contribution in [2.24, 2.45) is 0 Å². The highest BCUT2D eigenvalue weighted by molar-refractivity contribution is 5.95. The van der Waals surface area contributed by atoms with E-state index in [-0.39, 0.29) is 5.91 Å². The van der Waals surface area contributed by atoms with E-state index < -0.39 is 0 Å². The summed E-state index contributed by atoms with van der Waals surface area (Å²) in [5, 5.41) is 4.07. The maximum Gasteiger partial charge on any atom is 0.262 e. The van der Waals surface area contributed by atoms with Crippen molar-refractivity contribution >= 4 is 5.91 Å². The molecule has 4 rings (SSSR count). The second-order valence-electron chi connectivity index (χ2n) is 6.20. The summed E-state index contributed by atoms with van der Waals surface area (Å²) in [5.74, 6) is 1.55. The maximum absolute atomic E-state index is 12.6. The molecule has 0 radical (unpaired) electrons. The molecule has 1 aliphatic heterocycles. The first-order chi connectivity index (χ1) is 12.8. The van der Waals surface area contributed by atoms with Gasteiger partial charge in [-0.2, -0.15) is 4.98 Å². The summed E-state index contributed by atoms with van der Waals surface area (Å²) in [6, 6.07) is 14.8. The van der Waals surface area contributed by atoms with Crippen molar-refractivity contribution in [2.75, 3.05) is 20.2 Å². The minimum absolute atomic E-state index is 0.0535. The minimum Gasteiger partial charge on any atom is -0.496 e. The molecule has 0 atom stereocenters. The van der Waals surface area contributed by atoms with Crippen LogP contribution in [-0.2, 0) is 0 Å². The number of carbonyl (C=O) groups is 1. The number of likely N-dealkylation sites (tertiary alicyclic amines) is 1. The van der Waals surface area contributed by atoms with Gasteiger partial charge in [0.2, 0.25) is 5.82 Å². The van der Waals surface area contributed by atoms with Crippen LogP contribution in [0.5, 0.6) is 5.75 Å². The van der Waals surface area contributed by atoms with Gasteiger partial charge in [-0.1, -0.05) is 29.4 Å². The number of amides is 1. The Morgan fingerprint density at radius 1 is 1.12 bits per heavy atom. The lowest BCUT2D eigenvalue weighted by atomic mass is 10.1. The monoisotopic (exact) mass is 349 g/mol. The number of ether oxygens (including phenoxy) is 1. The van der Waals surface area contributed by atoms with Gasteiger partial charge in [0.05, 0.1) is 12.7 Å². The van der Waals surface area contributed by atoms with Crippen LogP contribution in [0.2, 0.25) is 0 Å². The molecular formula is C20H19N3O3. The summed E-state index contributed by atoms with van der Waals surface area (Å²) in [6.45, 7) is 1.65. The lowest BCUT2D eigenvalue weighted by Crippen LogP contribution is -2.27. The Kier molecular flexibility index (Phi) is 4.39. The fourth-order valence-corrected chi connectivity index (χ4v) is 3.17. The Bertz CT molecular complexity index is 929. The first-order valence-electron chi connectivity index (χ1n) is 8.63. The van der Waals surface area contributed by atoms with Crippen molar-refractivity contribution in [2.45, 2.75) is 12.8 Å². The summed E-state index contributed by atoms with van der Waals surface area (Å²) >= 11 is 0. The molecular weight excluding hydrogens is 330 g/mol. The standard InChI is InChI=1S/C20H19N3O3/c1-25-17-10-3-2-9-16(17)19-21-18(22-26-19)14-7-6-8-15(13-14)20(24)23-11-4-5-12-23/h2-3,6-10,13H,4-5,11-12H2,1H3. The summed E-state index contributed by atoms with van der Waals surface area (Å²) < 4.78 is 10.8. The molecule has 1 aliphatic rings. The van der Waals surface area contributed by atoms with Gasteiger partial charge >= 0.3 is 0 Å². The van der Waals surface area contributed by atoms with Crippen LogP contribution >= 0.6 is 0 Å². The third-order valence-electron chi connectivity index (χ3n) is 4.52. The van der Waals surface area contributed by atoms with Gasteiger partial charge in [-0.25, -0.2) is 0 Å². The highest BCUT2D eigenvalue weighted by Crippen LogP contribution is 2.30. The van der Waals surface area contributed by atoms with Crippen LogP contribution in [0.3, 0.4) is 0 Å². The van der Waals surface area contributed by atoms with Crippen LogP contribution in [0.1, 0.15) is 23.2 Å². The molecule has 3 aromatic rings. The van der Waals surface area contributed by atoms with Gasteiger partial charge in [-0.3, -0.25) is 4.79 Å². The van der Waals surface area contributed by atoms with Crippen molar-refractivity contribution < 1.29 is 14.1 Å². The fraction of sp³-hybridized carbons (Fsp3) is 0.250. The van der Waals surface area contributed by atoms with Crippen molar-refractivity contribution in [3.8, 4) is 28.6 Å². The average Bonchev–Trinajstić information content (AvgIpc) is 3.39. The maximum atomic E-state index is 12.6. The molecule has 6 nitrogen and oxygen atoms in total. The number of para-hydroxylation sites is 1. The highest BCUT2D eigenvalue weighted by Gasteiger charge is 2.20. The van der Waals surface area contributed by atoms with Crippen LogP contribution in [0.25, 0.3) is 22.8 Å². The van der Waals surface area contributed by atoms with E-state index in [1.54, 1.807) is 7.11 Å². The molecule has 0 aliphatic carbocycles. The summed E-state index contributed by atoms with van der Waals surface area (Å²) in [5.41, 5.74) is 2.13. The Balaban J connectivity index is 1.64. The van der Waals surface area contributed by atoms with Gasteiger partial charge < -0.3 is 14.2 Å². The van der Waals surface area contributed by atoms with Crippen LogP contribution in [-0.4, -0.2) is 41.1 Å². The fourth-order valence-electron chi connectivity index (χ4n) is 3.17. The van der Waals surface area contributed by atoms with E-state index in [0.29, 0.717) is 23.0 Å².